The van der Waals surface area contributed by atoms with Crippen LogP contribution in [0.5, 0.6) is 0 Å². The van der Waals surface area contributed by atoms with Crippen molar-refractivity contribution in [2.24, 2.45) is 0 Å². The highest BCUT2D eigenvalue weighted by atomic mass is 32.2. The zero-order valence-electron chi connectivity index (χ0n) is 23.0. The van der Waals surface area contributed by atoms with Crippen molar-refractivity contribution in [1.29, 1.82) is 0 Å². The fourth-order valence-electron chi connectivity index (χ4n) is 3.59. The van der Waals surface area contributed by atoms with Gasteiger partial charge in [-0.2, -0.15) is 0 Å². The lowest BCUT2D eigenvalue weighted by molar-refractivity contribution is -0.198. The molecule has 0 atom stereocenters. The molecule has 1 saturated heterocycles. The average molecular weight is 623 g/mol. The summed E-state index contributed by atoms with van der Waals surface area (Å²) in [4.78, 5) is 39.5. The van der Waals surface area contributed by atoms with E-state index < -0.39 is 53.3 Å². The summed E-state index contributed by atoms with van der Waals surface area (Å²) in [7, 11) is -10.0. The van der Waals surface area contributed by atoms with Crippen molar-refractivity contribution in [3.8, 4) is 0 Å². The molecule has 0 saturated carbocycles. The van der Waals surface area contributed by atoms with Crippen LogP contribution < -0.4 is 0 Å². The largest absolute Gasteiger partial charge is 0.744 e. The quantitative estimate of drug-likeness (QED) is 0.129. The van der Waals surface area contributed by atoms with Crippen LogP contribution in [0.2, 0.25) is 0 Å². The number of rotatable bonds is 17. The molecule has 1 aliphatic heterocycles. The first-order chi connectivity index (χ1) is 19.0. The molecule has 1 heterocycles. The molecule has 1 aliphatic rings. The van der Waals surface area contributed by atoms with Crippen molar-refractivity contribution in [1.82, 2.24) is 9.96 Å². The maximum absolute atomic E-state index is 11.8. The van der Waals surface area contributed by atoms with Crippen molar-refractivity contribution in [2.45, 2.75) is 61.9 Å². The predicted molar refractivity (Wildman–Crippen MR) is 137 cm³/mol. The monoisotopic (exact) mass is 622 g/mol. The molecule has 232 valence electrons. The van der Waals surface area contributed by atoms with Crippen molar-refractivity contribution in [3.63, 3.8) is 0 Å². The third-order valence-corrected chi connectivity index (χ3v) is 7.56. The minimum atomic E-state index is -5.05. The van der Waals surface area contributed by atoms with Crippen molar-refractivity contribution in [3.05, 3.63) is 23.8 Å². The first-order valence-corrected chi connectivity index (χ1v) is 15.4. The van der Waals surface area contributed by atoms with Crippen LogP contribution in [0.25, 0.3) is 0 Å². The Labute approximate surface area is 239 Å². The molecule has 17 heteroatoms. The molecular formula is C24H34N2O13S2-2. The van der Waals surface area contributed by atoms with Gasteiger partial charge in [0, 0.05) is 31.5 Å². The number of carbonyl (C=O) groups is 3. The second kappa shape index (κ2) is 15.1. The molecule has 0 bridgehead atoms. The Bertz CT molecular complexity index is 1270. The number of benzene rings is 1. The maximum atomic E-state index is 11.8. The normalized spacial score (nSPS) is 14.7. The molecule has 15 nitrogen and oxygen atoms in total. The fraction of sp³-hybridized carbons (Fsp3) is 0.625. The van der Waals surface area contributed by atoms with Crippen LogP contribution in [0.4, 0.5) is 0 Å². The second-order valence-electron chi connectivity index (χ2n) is 9.90. The van der Waals surface area contributed by atoms with E-state index in [2.05, 4.69) is 0 Å². The third-order valence-electron chi connectivity index (χ3n) is 5.81. The molecule has 41 heavy (non-hydrogen) atoms. The van der Waals surface area contributed by atoms with Crippen LogP contribution in [0.15, 0.2) is 28.0 Å². The van der Waals surface area contributed by atoms with E-state index in [9.17, 15) is 40.3 Å². The van der Waals surface area contributed by atoms with E-state index >= 15 is 0 Å². The Hall–Kier alpha value is -2.51. The van der Waals surface area contributed by atoms with Gasteiger partial charge in [-0.25, -0.2) is 21.6 Å². The average Bonchev–Trinajstić information content (AvgIpc) is 3.16. The van der Waals surface area contributed by atoms with Crippen molar-refractivity contribution < 1.29 is 59.4 Å². The summed E-state index contributed by atoms with van der Waals surface area (Å²) in [5.74, 6) is -1.87. The fourth-order valence-corrected chi connectivity index (χ4v) is 4.88. The van der Waals surface area contributed by atoms with Gasteiger partial charge in [-0.15, -0.1) is 5.06 Å². The molecule has 0 N–H and O–H groups in total. The van der Waals surface area contributed by atoms with E-state index in [1.165, 1.54) is 0 Å². The Morgan fingerprint density at radius 2 is 1.41 bits per heavy atom. The van der Waals surface area contributed by atoms with E-state index in [0.29, 0.717) is 17.7 Å². The van der Waals surface area contributed by atoms with Gasteiger partial charge in [0.1, 0.15) is 20.2 Å². The number of hydroxylamine groups is 2. The summed E-state index contributed by atoms with van der Waals surface area (Å²) in [6.07, 6.45) is -0.111. The molecule has 0 aliphatic carbocycles. The number of imide groups is 1. The molecule has 0 radical (unpaired) electrons. The number of ether oxygens (including phenoxy) is 3. The lowest BCUT2D eigenvalue weighted by atomic mass is 10.0. The first kappa shape index (κ1) is 34.7. The van der Waals surface area contributed by atoms with E-state index in [4.69, 9.17) is 19.0 Å². The summed E-state index contributed by atoms with van der Waals surface area (Å²) >= 11 is 0. The first-order valence-electron chi connectivity index (χ1n) is 12.6. The van der Waals surface area contributed by atoms with Crippen LogP contribution in [-0.2, 0) is 60.2 Å². The molecule has 0 unspecified atom stereocenters. The van der Waals surface area contributed by atoms with E-state index in [1.54, 1.807) is 0 Å². The molecule has 1 aromatic carbocycles. The minimum Gasteiger partial charge on any atom is -0.744 e. The smallest absolute Gasteiger partial charge is 0.335 e. The van der Waals surface area contributed by atoms with Crippen LogP contribution >= 0.6 is 0 Å². The lowest BCUT2D eigenvalue weighted by Crippen LogP contribution is -2.43. The Morgan fingerprint density at radius 3 is 1.93 bits per heavy atom. The zero-order chi connectivity index (χ0) is 30.8. The Morgan fingerprint density at radius 1 is 0.878 bits per heavy atom. The zero-order valence-corrected chi connectivity index (χ0v) is 24.7. The summed E-state index contributed by atoms with van der Waals surface area (Å²) in [5, 5.41) is 0.474. The summed E-state index contributed by atoms with van der Waals surface area (Å²) in [5.41, 5.74) is -0.437. The second-order valence-corrected chi connectivity index (χ2v) is 12.6. The summed E-state index contributed by atoms with van der Waals surface area (Å²) in [6, 6.07) is 2.70. The SMILES string of the molecule is CC(C)(C)N(CCOCCOCCOCCC(=O)ON1C(=O)CCC1=O)Cc1ccc(S(=O)(=O)[O-])cc1S(=O)(=O)[O-]. The van der Waals surface area contributed by atoms with E-state index in [1.807, 2.05) is 25.7 Å². The third kappa shape index (κ3) is 11.7. The number of hydrogen-bond donors (Lipinski definition) is 0. The molecular weight excluding hydrogens is 588 g/mol. The topological polar surface area (TPSA) is 209 Å². The van der Waals surface area contributed by atoms with Crippen LogP contribution in [0, 0.1) is 0 Å². The Kier molecular flexibility index (Phi) is 12.8. The van der Waals surface area contributed by atoms with Gasteiger partial charge in [0.25, 0.3) is 11.8 Å². The van der Waals surface area contributed by atoms with Gasteiger partial charge in [-0.3, -0.25) is 14.5 Å². The summed E-state index contributed by atoms with van der Waals surface area (Å²) < 4.78 is 85.3. The van der Waals surface area contributed by atoms with Crippen LogP contribution in [-0.4, -0.2) is 105 Å². The minimum absolute atomic E-state index is 0.0162. The highest BCUT2D eigenvalue weighted by Gasteiger charge is 2.32. The number of hydrogen-bond acceptors (Lipinski definition) is 14. The lowest BCUT2D eigenvalue weighted by Gasteiger charge is -2.36. The van der Waals surface area contributed by atoms with Gasteiger partial charge in [0.2, 0.25) is 0 Å². The standard InChI is InChI=1S/C24H36N2O13S2/c1-24(2,3)25(17-18-4-5-19(40(30,31)32)16-20(18)41(33,34)35)9-11-37-13-15-38-14-12-36-10-8-23(29)39-26-21(27)6-7-22(26)28/h4-5,16H,6-15,17H2,1-3H3,(H,30,31,32)(H,33,34,35)/p-2. The Balaban J connectivity index is 1.69. The molecule has 2 rings (SSSR count). The molecule has 1 fully saturated rings. The van der Waals surface area contributed by atoms with Crippen molar-refractivity contribution in [2.75, 3.05) is 46.2 Å². The summed E-state index contributed by atoms with van der Waals surface area (Å²) in [6.45, 7) is 7.03. The van der Waals surface area contributed by atoms with Gasteiger partial charge in [0.15, 0.2) is 0 Å². The van der Waals surface area contributed by atoms with E-state index in [0.717, 1.165) is 12.1 Å². The number of amides is 2. The number of nitrogens with zero attached hydrogens (tertiary/aromatic N) is 2. The van der Waals surface area contributed by atoms with Gasteiger partial charge in [-0.05, 0) is 38.5 Å². The van der Waals surface area contributed by atoms with Crippen LogP contribution in [0.1, 0.15) is 45.6 Å². The van der Waals surface area contributed by atoms with Crippen LogP contribution in [0.3, 0.4) is 0 Å². The van der Waals surface area contributed by atoms with Gasteiger partial charge in [-0.1, -0.05) is 6.07 Å². The van der Waals surface area contributed by atoms with Gasteiger partial charge in [0.05, 0.1) is 55.9 Å². The maximum Gasteiger partial charge on any atom is 0.335 e. The van der Waals surface area contributed by atoms with Gasteiger partial charge >= 0.3 is 5.97 Å². The van der Waals surface area contributed by atoms with Crippen molar-refractivity contribution >= 4 is 38.0 Å². The number of carbonyl (C=O) groups excluding carboxylic acids is 3. The predicted octanol–water partition coefficient (Wildman–Crippen LogP) is 0.142. The highest BCUT2D eigenvalue weighted by molar-refractivity contribution is 7.86. The molecule has 0 spiro atoms. The van der Waals surface area contributed by atoms with Gasteiger partial charge < -0.3 is 28.2 Å². The molecule has 0 aromatic heterocycles. The highest BCUT2D eigenvalue weighted by Crippen LogP contribution is 2.25. The van der Waals surface area contributed by atoms with E-state index in [-0.39, 0.29) is 71.0 Å². The molecule has 1 aromatic rings. The molecule has 2 amide bonds.